The summed E-state index contributed by atoms with van der Waals surface area (Å²) in [4.78, 5) is 0.0772. The van der Waals surface area contributed by atoms with Gasteiger partial charge in [0.15, 0.2) is 0 Å². The van der Waals surface area contributed by atoms with Crippen molar-refractivity contribution in [2.45, 2.75) is 44.0 Å². The maximum Gasteiger partial charge on any atom is 0.242 e. The van der Waals surface area contributed by atoms with Crippen LogP contribution in [0.4, 0.5) is 0 Å². The van der Waals surface area contributed by atoms with E-state index in [1.165, 1.54) is 12.1 Å². The van der Waals surface area contributed by atoms with Crippen LogP contribution in [0.3, 0.4) is 0 Å². The van der Waals surface area contributed by atoms with Crippen LogP contribution in [0.2, 0.25) is 0 Å². The van der Waals surface area contributed by atoms with Crippen LogP contribution in [0.25, 0.3) is 0 Å². The van der Waals surface area contributed by atoms with E-state index in [2.05, 4.69) is 18.6 Å². The predicted molar refractivity (Wildman–Crippen MR) is 77.4 cm³/mol. The molecule has 0 aliphatic heterocycles. The Kier molecular flexibility index (Phi) is 4.46. The van der Waals surface area contributed by atoms with Crippen LogP contribution >= 0.6 is 0 Å². The molecule has 1 aliphatic carbocycles. The fourth-order valence-corrected chi connectivity index (χ4v) is 4.54. The smallest absolute Gasteiger partial charge is 0.208 e. The molecule has 2 atom stereocenters. The van der Waals surface area contributed by atoms with Crippen molar-refractivity contribution >= 4 is 10.0 Å². The Balaban J connectivity index is 2.21. The molecule has 0 heterocycles. The standard InChI is InChI=1S/C15H20N2O2S/c1-11-7-12(2)9-14(8-11)17-20(18,19)15-6-4-3-5-13(15)10-16/h3-6,11-12,14,17H,7-9H2,1-2H3. The van der Waals surface area contributed by atoms with Gasteiger partial charge in [-0.2, -0.15) is 5.26 Å². The zero-order valence-electron chi connectivity index (χ0n) is 11.8. The van der Waals surface area contributed by atoms with E-state index in [-0.39, 0.29) is 16.5 Å². The average Bonchev–Trinajstić information content (AvgIpc) is 2.36. The maximum absolute atomic E-state index is 12.4. The van der Waals surface area contributed by atoms with Gasteiger partial charge in [-0.05, 0) is 43.2 Å². The zero-order valence-corrected chi connectivity index (χ0v) is 12.7. The van der Waals surface area contributed by atoms with Crippen molar-refractivity contribution in [2.75, 3.05) is 0 Å². The normalized spacial score (nSPS) is 26.9. The molecule has 1 aliphatic rings. The molecule has 0 spiro atoms. The molecule has 0 aromatic heterocycles. The summed E-state index contributed by atoms with van der Waals surface area (Å²) in [5, 5.41) is 9.03. The van der Waals surface area contributed by atoms with E-state index in [0.29, 0.717) is 11.8 Å². The third-order valence-corrected chi connectivity index (χ3v) is 5.38. The second kappa shape index (κ2) is 5.94. The van der Waals surface area contributed by atoms with Crippen molar-refractivity contribution in [3.8, 4) is 6.07 Å². The summed E-state index contributed by atoms with van der Waals surface area (Å²) in [7, 11) is -3.62. The lowest BCUT2D eigenvalue weighted by molar-refractivity contribution is 0.257. The molecule has 1 fully saturated rings. The highest BCUT2D eigenvalue weighted by Gasteiger charge is 2.28. The summed E-state index contributed by atoms with van der Waals surface area (Å²) in [5.41, 5.74) is 0.192. The Morgan fingerprint density at radius 2 is 1.75 bits per heavy atom. The van der Waals surface area contributed by atoms with Gasteiger partial charge in [-0.15, -0.1) is 0 Å². The number of nitrogens with one attached hydrogen (secondary N) is 1. The summed E-state index contributed by atoms with van der Waals surface area (Å²) in [6, 6.07) is 8.22. The van der Waals surface area contributed by atoms with Crippen molar-refractivity contribution in [1.29, 1.82) is 5.26 Å². The van der Waals surface area contributed by atoms with Crippen molar-refractivity contribution in [2.24, 2.45) is 11.8 Å². The molecule has 1 saturated carbocycles. The van der Waals surface area contributed by atoms with E-state index < -0.39 is 10.0 Å². The molecule has 2 unspecified atom stereocenters. The molecule has 1 aromatic rings. The minimum atomic E-state index is -3.62. The minimum Gasteiger partial charge on any atom is -0.208 e. The van der Waals surface area contributed by atoms with E-state index in [9.17, 15) is 8.42 Å². The lowest BCUT2D eigenvalue weighted by Crippen LogP contribution is -2.40. The fraction of sp³-hybridized carbons (Fsp3) is 0.533. The van der Waals surface area contributed by atoms with Crippen molar-refractivity contribution in [1.82, 2.24) is 4.72 Å². The van der Waals surface area contributed by atoms with Crippen LogP contribution in [-0.4, -0.2) is 14.5 Å². The largest absolute Gasteiger partial charge is 0.242 e. The first kappa shape index (κ1) is 15.0. The van der Waals surface area contributed by atoms with Crippen LogP contribution in [0.15, 0.2) is 29.2 Å². The Labute approximate surface area is 120 Å². The minimum absolute atomic E-state index is 0.0366. The van der Waals surface area contributed by atoms with Crippen molar-refractivity contribution < 1.29 is 8.42 Å². The molecule has 0 saturated heterocycles. The van der Waals surface area contributed by atoms with Gasteiger partial charge < -0.3 is 0 Å². The molecule has 4 nitrogen and oxygen atoms in total. The number of hydrogen-bond acceptors (Lipinski definition) is 3. The zero-order chi connectivity index (χ0) is 14.8. The molecule has 20 heavy (non-hydrogen) atoms. The summed E-state index contributed by atoms with van der Waals surface area (Å²) < 4.78 is 27.6. The van der Waals surface area contributed by atoms with Crippen LogP contribution in [0.5, 0.6) is 0 Å². The van der Waals surface area contributed by atoms with E-state index >= 15 is 0 Å². The first-order chi connectivity index (χ1) is 9.42. The topological polar surface area (TPSA) is 70.0 Å². The first-order valence-electron chi connectivity index (χ1n) is 6.94. The van der Waals surface area contributed by atoms with Gasteiger partial charge in [0.05, 0.1) is 10.5 Å². The summed E-state index contributed by atoms with van der Waals surface area (Å²) in [6.07, 6.45) is 2.86. The Bertz CT molecular complexity index is 609. The van der Waals surface area contributed by atoms with Crippen LogP contribution in [0.1, 0.15) is 38.7 Å². The van der Waals surface area contributed by atoms with Gasteiger partial charge in [-0.1, -0.05) is 26.0 Å². The highest BCUT2D eigenvalue weighted by Crippen LogP contribution is 2.29. The van der Waals surface area contributed by atoms with E-state index in [1.807, 2.05) is 6.07 Å². The number of nitrogens with zero attached hydrogens (tertiary/aromatic N) is 1. The van der Waals surface area contributed by atoms with Crippen LogP contribution in [-0.2, 0) is 10.0 Å². The molecule has 0 bridgehead atoms. The molecule has 1 N–H and O–H groups in total. The van der Waals surface area contributed by atoms with Crippen molar-refractivity contribution in [3.63, 3.8) is 0 Å². The van der Waals surface area contributed by atoms with Gasteiger partial charge in [-0.3, -0.25) is 0 Å². The van der Waals surface area contributed by atoms with Crippen LogP contribution in [0, 0.1) is 23.2 Å². The maximum atomic E-state index is 12.4. The predicted octanol–water partition coefficient (Wildman–Crippen LogP) is 2.66. The first-order valence-corrected chi connectivity index (χ1v) is 8.42. The fourth-order valence-electron chi connectivity index (χ4n) is 3.12. The van der Waals surface area contributed by atoms with Gasteiger partial charge in [-0.25, -0.2) is 13.1 Å². The number of nitriles is 1. The lowest BCUT2D eigenvalue weighted by atomic mass is 9.81. The highest BCUT2D eigenvalue weighted by atomic mass is 32.2. The van der Waals surface area contributed by atoms with Gasteiger partial charge in [0.1, 0.15) is 6.07 Å². The molecular formula is C15H20N2O2S. The summed E-state index contributed by atoms with van der Waals surface area (Å²) in [6.45, 7) is 4.31. The van der Waals surface area contributed by atoms with E-state index in [0.717, 1.165) is 19.3 Å². The Morgan fingerprint density at radius 3 is 2.35 bits per heavy atom. The summed E-state index contributed by atoms with van der Waals surface area (Å²) >= 11 is 0. The molecular weight excluding hydrogens is 272 g/mol. The monoisotopic (exact) mass is 292 g/mol. The van der Waals surface area contributed by atoms with E-state index in [1.54, 1.807) is 12.1 Å². The summed E-state index contributed by atoms with van der Waals surface area (Å²) in [5.74, 6) is 1.05. The molecule has 0 amide bonds. The van der Waals surface area contributed by atoms with Crippen LogP contribution < -0.4 is 4.72 Å². The number of benzene rings is 1. The lowest BCUT2D eigenvalue weighted by Gasteiger charge is -2.31. The number of sulfonamides is 1. The quantitative estimate of drug-likeness (QED) is 0.931. The number of rotatable bonds is 3. The van der Waals surface area contributed by atoms with E-state index in [4.69, 9.17) is 5.26 Å². The second-order valence-corrected chi connectivity index (χ2v) is 7.53. The molecule has 2 rings (SSSR count). The third-order valence-electron chi connectivity index (χ3n) is 3.80. The van der Waals surface area contributed by atoms with Gasteiger partial charge in [0, 0.05) is 6.04 Å². The average molecular weight is 292 g/mol. The van der Waals surface area contributed by atoms with Crippen molar-refractivity contribution in [3.05, 3.63) is 29.8 Å². The van der Waals surface area contributed by atoms with Gasteiger partial charge in [0.2, 0.25) is 10.0 Å². The second-order valence-electron chi connectivity index (χ2n) is 5.84. The molecule has 108 valence electrons. The Hall–Kier alpha value is -1.38. The Morgan fingerprint density at radius 1 is 1.15 bits per heavy atom. The molecule has 1 aromatic carbocycles. The SMILES string of the molecule is CC1CC(C)CC(NS(=O)(=O)c2ccccc2C#N)C1. The molecule has 0 radical (unpaired) electrons. The highest BCUT2D eigenvalue weighted by molar-refractivity contribution is 7.89. The molecule has 5 heteroatoms. The third kappa shape index (κ3) is 3.38. The van der Waals surface area contributed by atoms with Gasteiger partial charge >= 0.3 is 0 Å². The number of hydrogen-bond donors (Lipinski definition) is 1. The van der Waals surface area contributed by atoms with Gasteiger partial charge in [0.25, 0.3) is 0 Å².